The molecule has 1 aromatic carbocycles. The van der Waals surface area contributed by atoms with Gasteiger partial charge in [-0.1, -0.05) is 41.4 Å². The molecule has 0 fully saturated rings. The van der Waals surface area contributed by atoms with Crippen molar-refractivity contribution in [2.75, 3.05) is 6.61 Å². The Kier molecular flexibility index (Phi) is 4.52. The Hall–Kier alpha value is -0.460. The molecule has 1 aromatic rings. The van der Waals surface area contributed by atoms with Gasteiger partial charge in [0.25, 0.3) is 0 Å². The topological polar surface area (TPSA) is 29.5 Å². The zero-order valence-electron chi connectivity index (χ0n) is 12.4. The van der Waals surface area contributed by atoms with Crippen molar-refractivity contribution in [3.05, 3.63) is 28.3 Å². The maximum atomic E-state index is 13.1. The first kappa shape index (κ1) is 17.9. The summed E-state index contributed by atoms with van der Waals surface area (Å²) in [6.45, 7) is 4.49. The van der Waals surface area contributed by atoms with Crippen LogP contribution in [0.3, 0.4) is 0 Å². The SMILES string of the molecule is CC(C)(c1cc(Cl)cc2c1OCC2)C(Br)C(C)(O)C(F)(F)F. The minimum Gasteiger partial charge on any atom is -0.493 e. The van der Waals surface area contributed by atoms with E-state index in [1.165, 1.54) is 0 Å². The van der Waals surface area contributed by atoms with Gasteiger partial charge in [0.05, 0.1) is 11.4 Å². The van der Waals surface area contributed by atoms with Crippen molar-refractivity contribution in [3.63, 3.8) is 0 Å². The predicted octanol–water partition coefficient (Wildman–Crippen LogP) is 4.63. The molecule has 2 unspecified atom stereocenters. The molecule has 2 nitrogen and oxygen atoms in total. The number of benzene rings is 1. The van der Waals surface area contributed by atoms with Gasteiger partial charge >= 0.3 is 6.18 Å². The molecule has 0 saturated heterocycles. The smallest absolute Gasteiger partial charge is 0.418 e. The van der Waals surface area contributed by atoms with Gasteiger partial charge in [-0.15, -0.1) is 0 Å². The number of aliphatic hydroxyl groups is 1. The summed E-state index contributed by atoms with van der Waals surface area (Å²) in [7, 11) is 0. The molecule has 1 N–H and O–H groups in total. The Morgan fingerprint density at radius 3 is 2.41 bits per heavy atom. The summed E-state index contributed by atoms with van der Waals surface area (Å²) in [6, 6.07) is 3.36. The third-order valence-corrected chi connectivity index (χ3v) is 6.40. The van der Waals surface area contributed by atoms with E-state index >= 15 is 0 Å². The summed E-state index contributed by atoms with van der Waals surface area (Å²) in [5.41, 5.74) is -2.52. The maximum Gasteiger partial charge on any atom is 0.418 e. The van der Waals surface area contributed by atoms with Crippen LogP contribution in [0.15, 0.2) is 12.1 Å². The summed E-state index contributed by atoms with van der Waals surface area (Å²) >= 11 is 9.15. The minimum absolute atomic E-state index is 0.443. The van der Waals surface area contributed by atoms with Crippen molar-refractivity contribution < 1.29 is 23.0 Å². The second-order valence-electron chi connectivity index (χ2n) is 6.27. The Morgan fingerprint density at radius 1 is 1.27 bits per heavy atom. The molecule has 0 aliphatic carbocycles. The van der Waals surface area contributed by atoms with Crippen LogP contribution in [0.5, 0.6) is 5.75 Å². The molecule has 0 saturated carbocycles. The van der Waals surface area contributed by atoms with Gasteiger partial charge in [-0.05, 0) is 24.6 Å². The van der Waals surface area contributed by atoms with E-state index in [1.54, 1.807) is 26.0 Å². The molecule has 2 rings (SSSR count). The number of halogens is 5. The van der Waals surface area contributed by atoms with Gasteiger partial charge < -0.3 is 9.84 Å². The number of hydrogen-bond acceptors (Lipinski definition) is 2. The number of hydrogen-bond donors (Lipinski definition) is 1. The highest BCUT2D eigenvalue weighted by Crippen LogP contribution is 2.49. The lowest BCUT2D eigenvalue weighted by molar-refractivity contribution is -0.255. The quantitative estimate of drug-likeness (QED) is 0.748. The molecule has 7 heteroatoms. The normalized spacial score (nSPS) is 19.3. The van der Waals surface area contributed by atoms with Crippen LogP contribution in [0.4, 0.5) is 13.2 Å². The number of ether oxygens (including phenoxy) is 1. The van der Waals surface area contributed by atoms with Crippen molar-refractivity contribution >= 4 is 27.5 Å². The molecule has 0 bridgehead atoms. The first-order valence-corrected chi connectivity index (χ1v) is 8.07. The fourth-order valence-corrected chi connectivity index (χ4v) is 3.48. The number of alkyl halides is 4. The molecule has 2 atom stereocenters. The van der Waals surface area contributed by atoms with Crippen LogP contribution in [0.1, 0.15) is 31.9 Å². The molecule has 1 aliphatic heterocycles. The summed E-state index contributed by atoms with van der Waals surface area (Å²) in [6.07, 6.45) is -4.09. The van der Waals surface area contributed by atoms with Gasteiger partial charge in [0.15, 0.2) is 5.60 Å². The van der Waals surface area contributed by atoms with E-state index < -0.39 is 22.0 Å². The molecule has 0 aromatic heterocycles. The predicted molar refractivity (Wildman–Crippen MR) is 83.1 cm³/mol. The lowest BCUT2D eigenvalue weighted by atomic mass is 9.74. The largest absolute Gasteiger partial charge is 0.493 e. The van der Waals surface area contributed by atoms with E-state index in [-0.39, 0.29) is 0 Å². The van der Waals surface area contributed by atoms with Crippen LogP contribution in [0.2, 0.25) is 5.02 Å². The monoisotopic (exact) mass is 400 g/mol. The number of rotatable bonds is 3. The first-order chi connectivity index (χ1) is 9.89. The van der Waals surface area contributed by atoms with E-state index in [4.69, 9.17) is 16.3 Å². The highest BCUT2D eigenvalue weighted by molar-refractivity contribution is 9.09. The summed E-state index contributed by atoms with van der Waals surface area (Å²) < 4.78 is 45.0. The summed E-state index contributed by atoms with van der Waals surface area (Å²) in [5, 5.41) is 10.4. The van der Waals surface area contributed by atoms with Crippen LogP contribution in [0, 0.1) is 0 Å². The zero-order chi connectivity index (χ0) is 16.9. The van der Waals surface area contributed by atoms with Crippen LogP contribution in [-0.2, 0) is 11.8 Å². The molecule has 1 aliphatic rings. The highest BCUT2D eigenvalue weighted by Gasteiger charge is 2.58. The second kappa shape index (κ2) is 5.56. The van der Waals surface area contributed by atoms with Crippen LogP contribution >= 0.6 is 27.5 Å². The average Bonchev–Trinajstić information content (AvgIpc) is 2.82. The molecular weight excluding hydrogens is 385 g/mol. The van der Waals surface area contributed by atoms with E-state index in [9.17, 15) is 18.3 Å². The van der Waals surface area contributed by atoms with Gasteiger partial charge in [-0.2, -0.15) is 13.2 Å². The fourth-order valence-electron chi connectivity index (χ4n) is 2.73. The van der Waals surface area contributed by atoms with Gasteiger partial charge in [0.1, 0.15) is 5.75 Å². The zero-order valence-corrected chi connectivity index (χ0v) is 14.7. The van der Waals surface area contributed by atoms with Crippen molar-refractivity contribution in [2.24, 2.45) is 0 Å². The van der Waals surface area contributed by atoms with E-state index in [2.05, 4.69) is 15.9 Å². The molecule has 22 heavy (non-hydrogen) atoms. The fraction of sp³-hybridized carbons (Fsp3) is 0.600. The molecule has 1 heterocycles. The van der Waals surface area contributed by atoms with Gasteiger partial charge in [-0.3, -0.25) is 0 Å². The lowest BCUT2D eigenvalue weighted by Crippen LogP contribution is -2.56. The molecule has 0 spiro atoms. The standard InChI is InChI=1S/C15H17BrClF3O2/c1-13(2,12(16)14(3,21)15(18,19)20)10-7-9(17)6-8-4-5-22-11(8)10/h6-7,12,21H,4-5H2,1-3H3. The van der Waals surface area contributed by atoms with Crippen molar-refractivity contribution in [1.29, 1.82) is 0 Å². The molecule has 0 amide bonds. The molecular formula is C15H17BrClF3O2. The molecule has 124 valence electrons. The number of fused-ring (bicyclic) bond motifs is 1. The Labute approximate surface area is 140 Å². The lowest BCUT2D eigenvalue weighted by Gasteiger charge is -2.41. The third-order valence-electron chi connectivity index (χ3n) is 4.14. The summed E-state index contributed by atoms with van der Waals surface area (Å²) in [4.78, 5) is -1.28. The van der Waals surface area contributed by atoms with Gasteiger partial charge in [0, 0.05) is 22.4 Å². The van der Waals surface area contributed by atoms with Crippen molar-refractivity contribution in [3.8, 4) is 5.75 Å². The van der Waals surface area contributed by atoms with Crippen molar-refractivity contribution in [2.45, 2.75) is 49.2 Å². The average molecular weight is 402 g/mol. The van der Waals surface area contributed by atoms with Crippen LogP contribution < -0.4 is 4.74 Å². The third kappa shape index (κ3) is 2.85. The van der Waals surface area contributed by atoms with Crippen molar-refractivity contribution in [1.82, 2.24) is 0 Å². The van der Waals surface area contributed by atoms with E-state index in [0.29, 0.717) is 29.4 Å². The van der Waals surface area contributed by atoms with Gasteiger partial charge in [-0.25, -0.2) is 0 Å². The van der Waals surface area contributed by atoms with Gasteiger partial charge in [0.2, 0.25) is 0 Å². The van der Waals surface area contributed by atoms with E-state index in [1.807, 2.05) is 0 Å². The molecule has 0 radical (unpaired) electrons. The first-order valence-electron chi connectivity index (χ1n) is 6.78. The maximum absolute atomic E-state index is 13.1. The summed E-state index contributed by atoms with van der Waals surface area (Å²) in [5.74, 6) is 0.567. The Bertz CT molecular complexity index is 585. The minimum atomic E-state index is -4.76. The van der Waals surface area contributed by atoms with Crippen LogP contribution in [-0.4, -0.2) is 28.3 Å². The Morgan fingerprint density at radius 2 is 1.86 bits per heavy atom. The Balaban J connectivity index is 2.52. The van der Waals surface area contributed by atoms with E-state index in [0.717, 1.165) is 12.5 Å². The highest BCUT2D eigenvalue weighted by atomic mass is 79.9. The second-order valence-corrected chi connectivity index (χ2v) is 7.62. The van der Waals surface area contributed by atoms with Crippen LogP contribution in [0.25, 0.3) is 0 Å².